The van der Waals surface area contributed by atoms with E-state index in [1.54, 1.807) is 0 Å². The summed E-state index contributed by atoms with van der Waals surface area (Å²) in [7, 11) is 4.57. The summed E-state index contributed by atoms with van der Waals surface area (Å²) >= 11 is 1.82. The van der Waals surface area contributed by atoms with E-state index in [1.165, 1.54) is 0 Å². The van der Waals surface area contributed by atoms with Gasteiger partial charge >= 0.3 is 33.0 Å². The summed E-state index contributed by atoms with van der Waals surface area (Å²) in [5.41, 5.74) is 6.35. The van der Waals surface area contributed by atoms with Crippen molar-refractivity contribution in [1.29, 1.82) is 0 Å². The second kappa shape index (κ2) is 15.8. The van der Waals surface area contributed by atoms with Gasteiger partial charge in [0.15, 0.2) is 0 Å². The number of halogens is 1. The molecule has 0 radical (unpaired) electrons. The first-order chi connectivity index (χ1) is 3.77. The van der Waals surface area contributed by atoms with E-state index in [4.69, 9.17) is 10.8 Å². The van der Waals surface area contributed by atoms with Gasteiger partial charge in [-0.15, -0.1) is 6.54 Å². The molecule has 0 atom stereocenters. The minimum Gasteiger partial charge on any atom is -0.677 e. The van der Waals surface area contributed by atoms with E-state index in [1.807, 2.05) is 17.3 Å². The second-order valence-corrected chi connectivity index (χ2v) is 0.894. The zero-order chi connectivity index (χ0) is 6.99. The molecule has 0 spiro atoms. The van der Waals surface area contributed by atoms with E-state index in [9.17, 15) is 4.79 Å². The molecule has 0 amide bonds. The summed E-state index contributed by atoms with van der Waals surface area (Å²) in [5, 5.41) is 7.79. The van der Waals surface area contributed by atoms with Crippen LogP contribution in [0.1, 0.15) is 6.42 Å². The van der Waals surface area contributed by atoms with E-state index in [0.29, 0.717) is 0 Å². The number of aliphatic carboxylic acids is 1. The molecule has 9 heavy (non-hydrogen) atoms. The van der Waals surface area contributed by atoms with E-state index >= 15 is 0 Å². The Bertz CT molecular complexity index is 62.5. The van der Waals surface area contributed by atoms with Crippen molar-refractivity contribution in [2.45, 2.75) is 6.42 Å². The molecule has 57 valence electrons. The summed E-state index contributed by atoms with van der Waals surface area (Å²) in [5.74, 6) is -0.898. The van der Waals surface area contributed by atoms with E-state index < -0.39 is 5.97 Å². The summed E-state index contributed by atoms with van der Waals surface area (Å²) in [6.07, 6.45) is -0.0417. The first kappa shape index (κ1) is 16.2. The molecule has 0 aromatic heterocycles. The SMILES string of the molecule is [CH3-].[Cl][Ru+2].[NH-]CCC(=O)O. The Morgan fingerprint density at radius 2 is 2.00 bits per heavy atom. The van der Waals surface area contributed by atoms with Gasteiger partial charge < -0.3 is 18.3 Å². The summed E-state index contributed by atoms with van der Waals surface area (Å²) < 4.78 is 0. The largest absolute Gasteiger partial charge is 0.677 e. The fourth-order valence-corrected chi connectivity index (χ4v) is 0.107. The van der Waals surface area contributed by atoms with Gasteiger partial charge in [0, 0.05) is 6.42 Å². The number of nitrogens with one attached hydrogen (secondary N) is 1. The van der Waals surface area contributed by atoms with Gasteiger partial charge in [-0.1, -0.05) is 0 Å². The minimum atomic E-state index is -0.898. The van der Waals surface area contributed by atoms with Crippen molar-refractivity contribution in [1.82, 2.24) is 0 Å². The Labute approximate surface area is 69.3 Å². The normalized spacial score (nSPS) is 6.00. The molecule has 0 saturated heterocycles. The predicted molar refractivity (Wildman–Crippen MR) is 33.7 cm³/mol. The summed E-state index contributed by atoms with van der Waals surface area (Å²) in [6.45, 7) is -0.0185. The van der Waals surface area contributed by atoms with Gasteiger partial charge in [0.1, 0.15) is 0 Å². The van der Waals surface area contributed by atoms with Gasteiger partial charge in [-0.2, -0.15) is 0 Å². The molecule has 0 unspecified atom stereocenters. The van der Waals surface area contributed by atoms with Crippen molar-refractivity contribution in [3.8, 4) is 0 Å². The third kappa shape index (κ3) is 30.0. The van der Waals surface area contributed by atoms with E-state index in [2.05, 4.69) is 9.69 Å². The van der Waals surface area contributed by atoms with Crippen molar-refractivity contribution < 1.29 is 27.2 Å². The van der Waals surface area contributed by atoms with Crippen molar-refractivity contribution >= 4 is 15.7 Å². The Morgan fingerprint density at radius 3 is 2.00 bits per heavy atom. The van der Waals surface area contributed by atoms with Crippen LogP contribution in [-0.4, -0.2) is 17.6 Å². The molecule has 0 fully saturated rings. The maximum atomic E-state index is 9.48. The smallest absolute Gasteiger partial charge is 0.301 e. The van der Waals surface area contributed by atoms with E-state index in [-0.39, 0.29) is 20.4 Å². The van der Waals surface area contributed by atoms with Crippen LogP contribution in [0, 0.1) is 7.43 Å². The molecule has 0 aliphatic rings. The quantitative estimate of drug-likeness (QED) is 0.588. The monoisotopic (exact) mass is 240 g/mol. The van der Waals surface area contributed by atoms with Gasteiger partial charge in [-0.25, -0.2) is 0 Å². The predicted octanol–water partition coefficient (Wildman–Crippen LogP) is 1.65. The average Bonchev–Trinajstić information content (AvgIpc) is 1.72. The van der Waals surface area contributed by atoms with Gasteiger partial charge in [0.2, 0.25) is 0 Å². The molecule has 0 aliphatic carbocycles. The Balaban J connectivity index is -0.000000109. The van der Waals surface area contributed by atoms with Gasteiger partial charge in [-0.3, -0.25) is 4.79 Å². The first-order valence-corrected chi connectivity index (χ1v) is 4.01. The van der Waals surface area contributed by atoms with Crippen molar-refractivity contribution in [2.75, 3.05) is 6.54 Å². The fourth-order valence-electron chi connectivity index (χ4n) is 0.107. The van der Waals surface area contributed by atoms with Crippen molar-refractivity contribution in [3.63, 3.8) is 0 Å². The van der Waals surface area contributed by atoms with Crippen molar-refractivity contribution in [3.05, 3.63) is 13.2 Å². The number of hydrogen-bond acceptors (Lipinski definition) is 1. The van der Waals surface area contributed by atoms with Gasteiger partial charge in [0.25, 0.3) is 0 Å². The molecule has 0 rings (SSSR count). The van der Waals surface area contributed by atoms with Crippen LogP contribution in [0.3, 0.4) is 0 Å². The van der Waals surface area contributed by atoms with Crippen LogP contribution in [0.15, 0.2) is 0 Å². The zero-order valence-corrected chi connectivity index (χ0v) is 7.50. The molecular formula is C4H9ClNO2Ru. The van der Waals surface area contributed by atoms with Crippen LogP contribution in [-0.2, 0) is 22.1 Å². The fraction of sp³-hybridized carbons (Fsp3) is 0.500. The number of hydrogen-bond donors (Lipinski definition) is 1. The van der Waals surface area contributed by atoms with Crippen LogP contribution >= 0.6 is 9.69 Å². The Kier molecular flexibility index (Phi) is 28.3. The first-order valence-electron chi connectivity index (χ1n) is 1.77. The molecule has 0 heterocycles. The molecule has 0 aromatic rings. The molecular weight excluding hydrogens is 231 g/mol. The number of carboxylic acids is 1. The van der Waals surface area contributed by atoms with Crippen molar-refractivity contribution in [2.24, 2.45) is 0 Å². The number of carboxylic acid groups (broad SMARTS) is 1. The number of rotatable bonds is 2. The molecule has 3 nitrogen and oxygen atoms in total. The minimum absolute atomic E-state index is 0. The second-order valence-electron chi connectivity index (χ2n) is 0.894. The average molecular weight is 240 g/mol. The Morgan fingerprint density at radius 1 is 1.67 bits per heavy atom. The standard InChI is InChI=1S/C3H6NO2.CH3.ClH.Ru/c4-2-1-3(5)6;;;/h4H,1-2H2,(H,5,6);1H3;1H;/q2*-1;;+3/p-1. The topological polar surface area (TPSA) is 61.1 Å². The van der Waals surface area contributed by atoms with Crippen LogP contribution < -0.4 is 0 Å². The van der Waals surface area contributed by atoms with Gasteiger partial charge in [-0.05, 0) is 0 Å². The molecule has 0 aliphatic heterocycles. The maximum absolute atomic E-state index is 9.48. The number of carbonyl (C=O) groups is 1. The molecule has 0 aromatic carbocycles. The molecule has 5 heteroatoms. The molecule has 0 bridgehead atoms. The Hall–Kier alpha value is 0.343. The summed E-state index contributed by atoms with van der Waals surface area (Å²) in [6, 6.07) is 0. The van der Waals surface area contributed by atoms with Crippen LogP contribution in [0.5, 0.6) is 0 Å². The van der Waals surface area contributed by atoms with E-state index in [0.717, 1.165) is 0 Å². The van der Waals surface area contributed by atoms with Gasteiger partial charge in [0.05, 0.1) is 0 Å². The van der Waals surface area contributed by atoms with Crippen LogP contribution in [0.2, 0.25) is 0 Å². The molecule has 0 saturated carbocycles. The summed E-state index contributed by atoms with van der Waals surface area (Å²) in [4.78, 5) is 9.48. The maximum Gasteiger partial charge on any atom is 0.301 e. The molecule has 2 N–H and O–H groups in total. The third-order valence-electron chi connectivity index (χ3n) is 0.339. The zero-order valence-electron chi connectivity index (χ0n) is 5.00. The van der Waals surface area contributed by atoms with Crippen LogP contribution in [0.4, 0.5) is 0 Å². The van der Waals surface area contributed by atoms with Crippen LogP contribution in [0.25, 0.3) is 5.73 Å². The third-order valence-corrected chi connectivity index (χ3v) is 0.339.